The number of carbonyl (C=O) groups excluding carboxylic acids is 4. The quantitative estimate of drug-likeness (QED) is 0.0337. The Kier molecular flexibility index (Phi) is 52.0. The lowest BCUT2D eigenvalue weighted by molar-refractivity contribution is -0.191. The van der Waals surface area contributed by atoms with E-state index in [1.807, 2.05) is 6.92 Å². The van der Waals surface area contributed by atoms with Gasteiger partial charge in [-0.1, -0.05) is 297 Å². The smallest absolute Gasteiger partial charge is 0.351 e. The van der Waals surface area contributed by atoms with Crippen molar-refractivity contribution in [3.63, 3.8) is 0 Å². The average Bonchev–Trinajstić information content (AvgIpc) is 3.33. The predicted octanol–water partition coefficient (Wildman–Crippen LogP) is 19.1. The van der Waals surface area contributed by atoms with Crippen molar-refractivity contribution in [2.24, 2.45) is 0 Å². The Morgan fingerprint density at radius 3 is 0.710 bits per heavy atom. The molecule has 0 aliphatic rings. The van der Waals surface area contributed by atoms with E-state index in [0.717, 1.165) is 57.8 Å². The van der Waals surface area contributed by atoms with E-state index in [1.54, 1.807) is 0 Å². The van der Waals surface area contributed by atoms with Gasteiger partial charge in [0.2, 0.25) is 5.60 Å². The first-order chi connectivity index (χ1) is 33.8. The molecule has 0 aliphatic carbocycles. The first kappa shape index (κ1) is 66.9. The minimum atomic E-state index is -2.12. The first-order valence-corrected chi connectivity index (χ1v) is 30.5. The van der Waals surface area contributed by atoms with Crippen LogP contribution in [0.5, 0.6) is 0 Å². The highest BCUT2D eigenvalue weighted by molar-refractivity contribution is 5.92. The van der Waals surface area contributed by atoms with Gasteiger partial charge in [-0.3, -0.25) is 14.4 Å². The zero-order chi connectivity index (χ0) is 50.4. The van der Waals surface area contributed by atoms with Gasteiger partial charge in [-0.15, -0.1) is 0 Å². The third-order valence-corrected chi connectivity index (χ3v) is 14.0. The number of carbonyl (C=O) groups is 4. The van der Waals surface area contributed by atoms with Crippen molar-refractivity contribution in [2.75, 3.05) is 19.8 Å². The maximum absolute atomic E-state index is 14.0. The Morgan fingerprint density at radius 2 is 0.478 bits per heavy atom. The van der Waals surface area contributed by atoms with Gasteiger partial charge in [-0.2, -0.15) is 0 Å². The van der Waals surface area contributed by atoms with E-state index in [4.69, 9.17) is 18.9 Å². The highest BCUT2D eigenvalue weighted by Crippen LogP contribution is 2.27. The molecule has 0 saturated carbocycles. The van der Waals surface area contributed by atoms with E-state index >= 15 is 0 Å². The lowest BCUT2D eigenvalue weighted by Crippen LogP contribution is -2.48. The Balaban J connectivity index is 4.96. The van der Waals surface area contributed by atoms with Crippen LogP contribution >= 0.6 is 0 Å². The van der Waals surface area contributed by atoms with Gasteiger partial charge in [0.1, 0.15) is 0 Å². The van der Waals surface area contributed by atoms with Gasteiger partial charge in [0, 0.05) is 6.42 Å². The van der Waals surface area contributed by atoms with Crippen molar-refractivity contribution >= 4 is 23.9 Å². The molecule has 0 bridgehead atoms. The molecule has 69 heavy (non-hydrogen) atoms. The standard InChI is InChI=1S/C61H116O8/c1-5-9-12-15-18-21-24-27-30-33-36-39-42-45-48-52-66-58(63)55-61(69-57(62)51-8-4,60(65)68-54-50-47-44-41-38-35-32-29-26-23-20-17-14-11-7-3)56-59(64)67-53-49-46-43-40-37-34-31-28-25-22-19-16-13-10-6-2/h5-56H2,1-4H3. The number of hydrogen-bond donors (Lipinski definition) is 0. The average molecular weight is 978 g/mol. The minimum Gasteiger partial charge on any atom is -0.466 e. The summed E-state index contributed by atoms with van der Waals surface area (Å²) in [5.41, 5.74) is -2.12. The highest BCUT2D eigenvalue weighted by atomic mass is 16.6. The SMILES string of the molecule is CCCCCCCCCCCCCCCCCOC(=O)CC(CC(=O)OCCCCCCCCCCCCCCCCC)(OC(=O)CCC)C(=O)OCCCCCCCCCCCCCCCCC. The molecule has 0 aromatic heterocycles. The summed E-state index contributed by atoms with van der Waals surface area (Å²) in [6.45, 7) is 9.20. The summed E-state index contributed by atoms with van der Waals surface area (Å²) in [5, 5.41) is 0. The molecule has 0 radical (unpaired) electrons. The van der Waals surface area contributed by atoms with Crippen molar-refractivity contribution in [3.05, 3.63) is 0 Å². The van der Waals surface area contributed by atoms with Crippen LogP contribution in [0.2, 0.25) is 0 Å². The molecule has 0 fully saturated rings. The summed E-state index contributed by atoms with van der Waals surface area (Å²) < 4.78 is 22.8. The Morgan fingerprint density at radius 1 is 0.261 bits per heavy atom. The van der Waals surface area contributed by atoms with E-state index in [2.05, 4.69) is 20.8 Å². The Hall–Kier alpha value is -2.12. The van der Waals surface area contributed by atoms with Crippen molar-refractivity contribution in [2.45, 2.75) is 348 Å². The first-order valence-electron chi connectivity index (χ1n) is 30.5. The van der Waals surface area contributed by atoms with Gasteiger partial charge >= 0.3 is 23.9 Å². The molecule has 0 unspecified atom stereocenters. The van der Waals surface area contributed by atoms with Crippen LogP contribution in [0, 0.1) is 0 Å². The van der Waals surface area contributed by atoms with E-state index in [9.17, 15) is 19.2 Å². The van der Waals surface area contributed by atoms with Crippen LogP contribution in [-0.4, -0.2) is 49.3 Å². The maximum Gasteiger partial charge on any atom is 0.351 e. The maximum atomic E-state index is 14.0. The lowest BCUT2D eigenvalue weighted by atomic mass is 9.94. The van der Waals surface area contributed by atoms with Gasteiger partial charge in [0.05, 0.1) is 32.7 Å². The van der Waals surface area contributed by atoms with Crippen LogP contribution < -0.4 is 0 Å². The normalized spacial score (nSPS) is 11.5. The van der Waals surface area contributed by atoms with Gasteiger partial charge < -0.3 is 18.9 Å². The lowest BCUT2D eigenvalue weighted by Gasteiger charge is -2.30. The Labute approximate surface area is 428 Å². The molecule has 8 nitrogen and oxygen atoms in total. The van der Waals surface area contributed by atoms with Gasteiger partial charge in [0.25, 0.3) is 0 Å². The van der Waals surface area contributed by atoms with Crippen molar-refractivity contribution in [3.8, 4) is 0 Å². The molecule has 8 heteroatoms. The zero-order valence-electron chi connectivity index (χ0n) is 46.5. The summed E-state index contributed by atoms with van der Waals surface area (Å²) in [6, 6.07) is 0. The van der Waals surface area contributed by atoms with Gasteiger partial charge in [-0.25, -0.2) is 4.79 Å². The summed E-state index contributed by atoms with van der Waals surface area (Å²) in [6.07, 6.45) is 55.1. The van der Waals surface area contributed by atoms with Crippen molar-refractivity contribution < 1.29 is 38.1 Å². The molecular formula is C61H116O8. The third kappa shape index (κ3) is 46.7. The number of hydrogen-bond acceptors (Lipinski definition) is 8. The summed E-state index contributed by atoms with van der Waals surface area (Å²) in [4.78, 5) is 53.8. The summed E-state index contributed by atoms with van der Waals surface area (Å²) in [5.74, 6) is -2.87. The second-order valence-electron chi connectivity index (χ2n) is 21.0. The van der Waals surface area contributed by atoms with Crippen LogP contribution in [0.3, 0.4) is 0 Å². The molecule has 0 rings (SSSR count). The molecule has 0 spiro atoms. The highest BCUT2D eigenvalue weighted by Gasteiger charge is 2.49. The van der Waals surface area contributed by atoms with E-state index in [-0.39, 0.29) is 26.2 Å². The summed E-state index contributed by atoms with van der Waals surface area (Å²) >= 11 is 0. The molecule has 0 heterocycles. The topological polar surface area (TPSA) is 105 Å². The number of ether oxygens (including phenoxy) is 4. The van der Waals surface area contributed by atoms with E-state index < -0.39 is 42.3 Å². The van der Waals surface area contributed by atoms with Crippen LogP contribution in [0.4, 0.5) is 0 Å². The third-order valence-electron chi connectivity index (χ3n) is 14.0. The molecule has 0 aliphatic heterocycles. The van der Waals surface area contributed by atoms with E-state index in [1.165, 1.54) is 225 Å². The fourth-order valence-corrected chi connectivity index (χ4v) is 9.45. The van der Waals surface area contributed by atoms with Crippen LogP contribution in [0.25, 0.3) is 0 Å². The van der Waals surface area contributed by atoms with Crippen molar-refractivity contribution in [1.82, 2.24) is 0 Å². The second kappa shape index (κ2) is 53.7. The molecule has 0 aromatic carbocycles. The molecule has 0 atom stereocenters. The minimum absolute atomic E-state index is 0.0520. The predicted molar refractivity (Wildman–Crippen MR) is 291 cm³/mol. The largest absolute Gasteiger partial charge is 0.466 e. The summed E-state index contributed by atoms with van der Waals surface area (Å²) in [7, 11) is 0. The van der Waals surface area contributed by atoms with E-state index in [0.29, 0.717) is 12.8 Å². The van der Waals surface area contributed by atoms with Crippen molar-refractivity contribution in [1.29, 1.82) is 0 Å². The molecule has 0 amide bonds. The molecule has 408 valence electrons. The zero-order valence-corrected chi connectivity index (χ0v) is 46.5. The van der Waals surface area contributed by atoms with Crippen LogP contribution in [0.1, 0.15) is 342 Å². The second-order valence-corrected chi connectivity index (χ2v) is 21.0. The fourth-order valence-electron chi connectivity index (χ4n) is 9.45. The number of rotatable bonds is 56. The van der Waals surface area contributed by atoms with Gasteiger partial charge in [0.15, 0.2) is 0 Å². The number of unbranched alkanes of at least 4 members (excludes halogenated alkanes) is 42. The molecule has 0 N–H and O–H groups in total. The van der Waals surface area contributed by atoms with Crippen LogP contribution in [0.15, 0.2) is 0 Å². The Bertz CT molecular complexity index is 1070. The monoisotopic (exact) mass is 977 g/mol. The fraction of sp³-hybridized carbons (Fsp3) is 0.934. The van der Waals surface area contributed by atoms with Crippen LogP contribution in [-0.2, 0) is 38.1 Å². The molecular weight excluding hydrogens is 861 g/mol. The van der Waals surface area contributed by atoms with Gasteiger partial charge in [-0.05, 0) is 25.7 Å². The number of esters is 4. The molecule has 0 aromatic rings. The molecule has 0 saturated heterocycles.